The van der Waals surface area contributed by atoms with Crippen LogP contribution in [-0.4, -0.2) is 59.5 Å². The number of benzene rings is 1. The van der Waals surface area contributed by atoms with E-state index in [0.29, 0.717) is 25.2 Å². The Kier molecular flexibility index (Phi) is 4.30. The molecule has 2 aliphatic heterocycles. The van der Waals surface area contributed by atoms with Crippen LogP contribution in [0.4, 0.5) is 0 Å². The third-order valence-electron chi connectivity index (χ3n) is 6.97. The van der Waals surface area contributed by atoms with Crippen LogP contribution < -0.4 is 0 Å². The lowest BCUT2D eigenvalue weighted by Crippen LogP contribution is -2.43. The number of nitrogens with zero attached hydrogens (tertiary/aromatic N) is 2. The van der Waals surface area contributed by atoms with Crippen molar-refractivity contribution in [3.63, 3.8) is 0 Å². The summed E-state index contributed by atoms with van der Waals surface area (Å²) in [5.41, 5.74) is 1.99. The van der Waals surface area contributed by atoms with Gasteiger partial charge < -0.3 is 14.9 Å². The van der Waals surface area contributed by atoms with Crippen molar-refractivity contribution in [3.05, 3.63) is 34.9 Å². The molecule has 1 aromatic carbocycles. The predicted octanol–water partition coefficient (Wildman–Crippen LogP) is 2.56. The van der Waals surface area contributed by atoms with E-state index in [1.165, 1.54) is 19.3 Å². The van der Waals surface area contributed by atoms with Crippen LogP contribution in [-0.2, 0) is 4.79 Å². The fourth-order valence-corrected chi connectivity index (χ4v) is 4.96. The van der Waals surface area contributed by atoms with Gasteiger partial charge in [0, 0.05) is 44.2 Å². The van der Waals surface area contributed by atoms with Crippen LogP contribution in [0.1, 0.15) is 40.7 Å². The zero-order valence-electron chi connectivity index (χ0n) is 15.7. The van der Waals surface area contributed by atoms with E-state index < -0.39 is 11.4 Å². The van der Waals surface area contributed by atoms with E-state index in [2.05, 4.69) is 4.90 Å². The number of fused-ring (bicyclic) bond motifs is 1. The van der Waals surface area contributed by atoms with Gasteiger partial charge in [0.15, 0.2) is 0 Å². The van der Waals surface area contributed by atoms with Gasteiger partial charge in [-0.2, -0.15) is 0 Å². The molecule has 140 valence electrons. The first-order valence-electron chi connectivity index (χ1n) is 9.72. The highest BCUT2D eigenvalue weighted by atomic mass is 16.4. The second-order valence-electron chi connectivity index (χ2n) is 8.58. The van der Waals surface area contributed by atoms with Crippen LogP contribution in [0.3, 0.4) is 0 Å². The first-order valence-corrected chi connectivity index (χ1v) is 9.72. The second-order valence-corrected chi connectivity index (χ2v) is 8.58. The Morgan fingerprint density at radius 3 is 2.58 bits per heavy atom. The van der Waals surface area contributed by atoms with Crippen molar-refractivity contribution in [3.8, 4) is 0 Å². The molecular formula is C21H28N2O3. The van der Waals surface area contributed by atoms with E-state index in [0.717, 1.165) is 30.1 Å². The number of aliphatic carboxylic acids is 1. The zero-order chi connectivity index (χ0) is 18.5. The third kappa shape index (κ3) is 2.73. The van der Waals surface area contributed by atoms with Gasteiger partial charge in [-0.05, 0) is 49.8 Å². The van der Waals surface area contributed by atoms with Crippen molar-refractivity contribution in [1.82, 2.24) is 9.80 Å². The van der Waals surface area contributed by atoms with Crippen molar-refractivity contribution in [2.24, 2.45) is 17.3 Å². The monoisotopic (exact) mass is 356 g/mol. The Balaban J connectivity index is 1.51. The van der Waals surface area contributed by atoms with Gasteiger partial charge in [0.1, 0.15) is 5.41 Å². The summed E-state index contributed by atoms with van der Waals surface area (Å²) in [6.45, 7) is 7.27. The van der Waals surface area contributed by atoms with Crippen LogP contribution in [0.25, 0.3) is 0 Å². The number of rotatable bonds is 4. The van der Waals surface area contributed by atoms with Gasteiger partial charge in [-0.15, -0.1) is 0 Å². The molecule has 3 aliphatic rings. The molecule has 1 amide bonds. The molecule has 2 saturated heterocycles. The molecule has 0 radical (unpaired) electrons. The summed E-state index contributed by atoms with van der Waals surface area (Å²) in [7, 11) is 0. The smallest absolute Gasteiger partial charge is 0.313 e. The van der Waals surface area contributed by atoms with Crippen molar-refractivity contribution in [2.45, 2.75) is 33.1 Å². The number of hydrogen-bond donors (Lipinski definition) is 1. The van der Waals surface area contributed by atoms with Crippen LogP contribution in [0.2, 0.25) is 0 Å². The highest BCUT2D eigenvalue weighted by Gasteiger charge is 2.58. The zero-order valence-corrected chi connectivity index (χ0v) is 15.7. The number of carboxylic acid groups (broad SMARTS) is 1. The van der Waals surface area contributed by atoms with Gasteiger partial charge >= 0.3 is 5.97 Å². The summed E-state index contributed by atoms with van der Waals surface area (Å²) in [6.07, 6.45) is 3.86. The Morgan fingerprint density at radius 1 is 1.19 bits per heavy atom. The summed E-state index contributed by atoms with van der Waals surface area (Å²) in [5.74, 6) is 0.0168. The molecule has 0 aromatic heterocycles. The Morgan fingerprint density at radius 2 is 1.96 bits per heavy atom. The minimum atomic E-state index is -0.795. The maximum absolute atomic E-state index is 13.1. The van der Waals surface area contributed by atoms with Gasteiger partial charge in [-0.1, -0.05) is 18.6 Å². The maximum Gasteiger partial charge on any atom is 0.313 e. The summed E-state index contributed by atoms with van der Waals surface area (Å²) >= 11 is 0. The van der Waals surface area contributed by atoms with Crippen LogP contribution in [0, 0.1) is 31.1 Å². The van der Waals surface area contributed by atoms with Crippen LogP contribution >= 0.6 is 0 Å². The largest absolute Gasteiger partial charge is 0.481 e. The van der Waals surface area contributed by atoms with Crippen LogP contribution in [0.5, 0.6) is 0 Å². The second kappa shape index (κ2) is 6.38. The van der Waals surface area contributed by atoms with E-state index in [1.54, 1.807) is 4.90 Å². The normalized spacial score (nSPS) is 28.8. The summed E-state index contributed by atoms with van der Waals surface area (Å²) in [4.78, 5) is 29.3. The molecule has 2 heterocycles. The number of amides is 1. The summed E-state index contributed by atoms with van der Waals surface area (Å²) < 4.78 is 0. The molecule has 1 aliphatic carbocycles. The molecule has 3 fully saturated rings. The number of hydrogen-bond acceptors (Lipinski definition) is 3. The highest BCUT2D eigenvalue weighted by molar-refractivity contribution is 5.96. The molecule has 5 nitrogen and oxygen atoms in total. The quantitative estimate of drug-likeness (QED) is 0.901. The minimum absolute atomic E-state index is 0.0215. The highest BCUT2D eigenvalue weighted by Crippen LogP contribution is 2.44. The first-order chi connectivity index (χ1) is 12.4. The molecule has 2 atom stereocenters. The average molecular weight is 356 g/mol. The molecular weight excluding hydrogens is 328 g/mol. The molecule has 1 N–H and O–H groups in total. The fourth-order valence-electron chi connectivity index (χ4n) is 4.96. The molecule has 26 heavy (non-hydrogen) atoms. The van der Waals surface area contributed by atoms with Gasteiger partial charge in [-0.3, -0.25) is 9.59 Å². The number of carboxylic acids is 1. The summed E-state index contributed by atoms with van der Waals surface area (Å²) in [5, 5.41) is 10.0. The number of likely N-dealkylation sites (tertiary alicyclic amines) is 2. The summed E-state index contributed by atoms with van der Waals surface area (Å²) in [6, 6.07) is 5.76. The molecule has 0 bridgehead atoms. The van der Waals surface area contributed by atoms with Gasteiger partial charge in [0.05, 0.1) is 0 Å². The SMILES string of the molecule is Cc1cccc(C(=O)N2C[C@H]3CN(CC4CCC4)C[C@@]3(C(=O)O)C2)c1C. The molecule has 1 saturated carbocycles. The topological polar surface area (TPSA) is 60.9 Å². The van der Waals surface area contributed by atoms with E-state index in [1.807, 2.05) is 32.0 Å². The lowest BCUT2D eigenvalue weighted by Gasteiger charge is -2.32. The van der Waals surface area contributed by atoms with E-state index in [-0.39, 0.29) is 11.8 Å². The van der Waals surface area contributed by atoms with E-state index in [4.69, 9.17) is 0 Å². The Labute approximate surface area is 155 Å². The van der Waals surface area contributed by atoms with E-state index >= 15 is 0 Å². The lowest BCUT2D eigenvalue weighted by atomic mass is 9.81. The van der Waals surface area contributed by atoms with Crippen LogP contribution in [0.15, 0.2) is 18.2 Å². The fraction of sp³-hybridized carbons (Fsp3) is 0.619. The molecule has 5 heteroatoms. The van der Waals surface area contributed by atoms with Crippen molar-refractivity contribution in [1.29, 1.82) is 0 Å². The lowest BCUT2D eigenvalue weighted by molar-refractivity contribution is -0.148. The van der Waals surface area contributed by atoms with E-state index in [9.17, 15) is 14.7 Å². The predicted molar refractivity (Wildman–Crippen MR) is 99.2 cm³/mol. The third-order valence-corrected chi connectivity index (χ3v) is 6.97. The molecule has 0 unspecified atom stereocenters. The van der Waals surface area contributed by atoms with Crippen molar-refractivity contribution >= 4 is 11.9 Å². The number of carbonyl (C=O) groups is 2. The molecule has 1 aromatic rings. The van der Waals surface area contributed by atoms with Gasteiger partial charge in [-0.25, -0.2) is 0 Å². The van der Waals surface area contributed by atoms with Crippen molar-refractivity contribution in [2.75, 3.05) is 32.7 Å². The van der Waals surface area contributed by atoms with Gasteiger partial charge in [0.2, 0.25) is 0 Å². The Bertz CT molecular complexity index is 743. The number of aryl methyl sites for hydroxylation is 1. The van der Waals surface area contributed by atoms with Gasteiger partial charge in [0.25, 0.3) is 5.91 Å². The molecule has 4 rings (SSSR count). The standard InChI is InChI=1S/C21H28N2O3/c1-14-5-3-8-18(15(14)2)19(24)23-11-17-10-22(9-16-6-4-7-16)12-21(17,13-23)20(25)26/h3,5,8,16-17H,4,6-7,9-13H2,1-2H3,(H,25,26)/t17-,21-/m1/s1. The van der Waals surface area contributed by atoms with Crippen molar-refractivity contribution < 1.29 is 14.7 Å². The Hall–Kier alpha value is -1.88. The number of carbonyl (C=O) groups excluding carboxylic acids is 1. The first kappa shape index (κ1) is 17.5. The average Bonchev–Trinajstić information content (AvgIpc) is 3.08. The maximum atomic E-state index is 13.1. The minimum Gasteiger partial charge on any atom is -0.481 e. The molecule has 0 spiro atoms.